The van der Waals surface area contributed by atoms with Crippen molar-refractivity contribution in [3.05, 3.63) is 11.6 Å². The Morgan fingerprint density at radius 3 is 2.30 bits per heavy atom. The van der Waals surface area contributed by atoms with Crippen molar-refractivity contribution >= 4 is 17.9 Å². The number of aliphatic hydroxyl groups excluding tert-OH is 2. The van der Waals surface area contributed by atoms with E-state index in [-0.39, 0.29) is 6.42 Å². The number of epoxide rings is 1. The third kappa shape index (κ3) is 3.34. The van der Waals surface area contributed by atoms with E-state index in [0.29, 0.717) is 12.8 Å². The molecule has 4 aliphatic rings. The monoisotopic (exact) mass is 466 g/mol. The van der Waals surface area contributed by atoms with Crippen LogP contribution in [0.5, 0.6) is 0 Å². The number of esters is 3. The van der Waals surface area contributed by atoms with Gasteiger partial charge in [0.15, 0.2) is 17.3 Å². The summed E-state index contributed by atoms with van der Waals surface area (Å²) in [4.78, 5) is 36.8. The molecule has 0 bridgehead atoms. The normalized spacial score (nSPS) is 48.9. The largest absolute Gasteiger partial charge is 0.462 e. The van der Waals surface area contributed by atoms with Gasteiger partial charge in [-0.2, -0.15) is 0 Å². The Morgan fingerprint density at radius 2 is 1.73 bits per heavy atom. The molecule has 1 saturated carbocycles. The Morgan fingerprint density at radius 1 is 1.12 bits per heavy atom. The third-order valence-corrected chi connectivity index (χ3v) is 8.49. The summed E-state index contributed by atoms with van der Waals surface area (Å²) >= 11 is 0. The SMILES string of the molecule is CC(=O)OC1CCC(C)=CC2OC(=O)C3(C)OC23C(O)C2C(C)C(O)CC(OC(C)=O)C12C. The Kier molecular flexibility index (Phi) is 5.70. The van der Waals surface area contributed by atoms with Crippen LogP contribution in [0.25, 0.3) is 0 Å². The summed E-state index contributed by atoms with van der Waals surface area (Å²) in [6.07, 6.45) is -1.63. The lowest BCUT2D eigenvalue weighted by atomic mass is 9.53. The van der Waals surface area contributed by atoms with Crippen LogP contribution in [0.2, 0.25) is 0 Å². The van der Waals surface area contributed by atoms with Gasteiger partial charge in [-0.3, -0.25) is 9.59 Å². The Bertz CT molecular complexity index is 898. The second-order valence-corrected chi connectivity index (χ2v) is 10.5. The molecule has 33 heavy (non-hydrogen) atoms. The fourth-order valence-electron chi connectivity index (χ4n) is 6.62. The Hall–Kier alpha value is -1.97. The molecule has 3 fully saturated rings. The Balaban J connectivity index is 1.91. The number of hydrogen-bond donors (Lipinski definition) is 2. The first kappa shape index (κ1) is 24.2. The van der Waals surface area contributed by atoms with E-state index >= 15 is 0 Å². The third-order valence-electron chi connectivity index (χ3n) is 8.49. The lowest BCUT2D eigenvalue weighted by molar-refractivity contribution is -0.226. The van der Waals surface area contributed by atoms with E-state index in [0.717, 1.165) is 5.57 Å². The lowest BCUT2D eigenvalue weighted by Gasteiger charge is -2.56. The van der Waals surface area contributed by atoms with Crippen LogP contribution in [0.1, 0.15) is 60.8 Å². The first-order valence-electron chi connectivity index (χ1n) is 11.6. The van der Waals surface area contributed by atoms with Gasteiger partial charge in [0.2, 0.25) is 0 Å². The maximum Gasteiger partial charge on any atom is 0.342 e. The lowest BCUT2D eigenvalue weighted by Crippen LogP contribution is -2.65. The van der Waals surface area contributed by atoms with Crippen LogP contribution < -0.4 is 0 Å². The average Bonchev–Trinajstić information content (AvgIpc) is 3.30. The molecule has 2 aliphatic heterocycles. The van der Waals surface area contributed by atoms with Crippen molar-refractivity contribution in [3.63, 3.8) is 0 Å². The van der Waals surface area contributed by atoms with E-state index in [1.807, 2.05) is 20.8 Å². The minimum Gasteiger partial charge on any atom is -0.462 e. The first-order chi connectivity index (χ1) is 15.3. The molecule has 184 valence electrons. The van der Waals surface area contributed by atoms with Gasteiger partial charge in [-0.15, -0.1) is 0 Å². The number of hydrogen-bond acceptors (Lipinski definition) is 9. The van der Waals surface area contributed by atoms with Crippen molar-refractivity contribution in [3.8, 4) is 0 Å². The first-order valence-corrected chi connectivity index (χ1v) is 11.6. The van der Waals surface area contributed by atoms with Crippen molar-refractivity contribution in [2.24, 2.45) is 17.3 Å². The highest BCUT2D eigenvalue weighted by atomic mass is 16.7. The fraction of sp³-hybridized carbons (Fsp3) is 0.792. The maximum atomic E-state index is 12.7. The summed E-state index contributed by atoms with van der Waals surface area (Å²) in [7, 11) is 0. The highest BCUT2D eigenvalue weighted by molar-refractivity contribution is 5.88. The van der Waals surface area contributed by atoms with Crippen molar-refractivity contribution in [1.82, 2.24) is 0 Å². The number of fused-ring (bicyclic) bond motifs is 1. The van der Waals surface area contributed by atoms with Gasteiger partial charge in [-0.25, -0.2) is 4.79 Å². The second kappa shape index (κ2) is 7.78. The van der Waals surface area contributed by atoms with Gasteiger partial charge >= 0.3 is 17.9 Å². The van der Waals surface area contributed by atoms with E-state index in [1.54, 1.807) is 13.0 Å². The van der Waals surface area contributed by atoms with Crippen molar-refractivity contribution < 1.29 is 43.5 Å². The number of carbonyl (C=O) groups is 3. The molecule has 9 heteroatoms. The summed E-state index contributed by atoms with van der Waals surface area (Å²) in [5, 5.41) is 22.9. The number of ether oxygens (including phenoxy) is 4. The molecule has 4 rings (SSSR count). The average molecular weight is 467 g/mol. The topological polar surface area (TPSA) is 132 Å². The van der Waals surface area contributed by atoms with E-state index in [4.69, 9.17) is 18.9 Å². The number of carbonyl (C=O) groups excluding carboxylic acids is 3. The van der Waals surface area contributed by atoms with Crippen molar-refractivity contribution in [1.29, 1.82) is 0 Å². The molecule has 10 unspecified atom stereocenters. The van der Waals surface area contributed by atoms with E-state index < -0.39 is 76.9 Å². The quantitative estimate of drug-likeness (QED) is 0.268. The standard InChI is InChI=1S/C24H34O9/c1-11-7-8-16(30-13(3)25)22(5)17(31-14(4)26)10-15(27)12(2)19(22)20(28)24-18(9-11)32-21(29)23(24,6)33-24/h9,12,15-20,27-28H,7-8,10H2,1-6H3. The molecule has 2 saturated heterocycles. The minimum atomic E-state index is -1.35. The Labute approximate surface area is 193 Å². The molecule has 2 aliphatic carbocycles. The summed E-state index contributed by atoms with van der Waals surface area (Å²) in [5.41, 5.74) is -2.85. The molecular formula is C24H34O9. The smallest absolute Gasteiger partial charge is 0.342 e. The van der Waals surface area contributed by atoms with Gasteiger partial charge < -0.3 is 29.2 Å². The summed E-state index contributed by atoms with van der Waals surface area (Å²) < 4.78 is 23.1. The van der Waals surface area contributed by atoms with Crippen molar-refractivity contribution in [2.75, 3.05) is 0 Å². The zero-order valence-electron chi connectivity index (χ0n) is 20.0. The van der Waals surface area contributed by atoms with Gasteiger partial charge in [0.25, 0.3) is 0 Å². The van der Waals surface area contributed by atoms with Gasteiger partial charge in [-0.1, -0.05) is 19.4 Å². The van der Waals surface area contributed by atoms with E-state index in [9.17, 15) is 24.6 Å². The predicted molar refractivity (Wildman–Crippen MR) is 114 cm³/mol. The van der Waals surface area contributed by atoms with Gasteiger partial charge in [-0.05, 0) is 38.7 Å². The minimum absolute atomic E-state index is 0.136. The predicted octanol–water partition coefficient (Wildman–Crippen LogP) is 1.43. The van der Waals surface area contributed by atoms with Gasteiger partial charge in [0.05, 0.1) is 12.2 Å². The molecule has 0 amide bonds. The summed E-state index contributed by atoms with van der Waals surface area (Å²) in [6, 6.07) is 0. The zero-order chi connectivity index (χ0) is 24.5. The number of aliphatic hydroxyl groups is 2. The molecule has 10 atom stereocenters. The van der Waals surface area contributed by atoms with Gasteiger partial charge in [0, 0.05) is 31.6 Å². The summed E-state index contributed by atoms with van der Waals surface area (Å²) in [5.74, 6) is -2.78. The van der Waals surface area contributed by atoms with Crippen LogP contribution in [0.15, 0.2) is 11.6 Å². The second-order valence-electron chi connectivity index (χ2n) is 10.5. The van der Waals surface area contributed by atoms with Crippen LogP contribution in [0, 0.1) is 17.3 Å². The van der Waals surface area contributed by atoms with Crippen LogP contribution in [0.3, 0.4) is 0 Å². The highest BCUT2D eigenvalue weighted by Crippen LogP contribution is 2.64. The molecule has 0 radical (unpaired) electrons. The van der Waals surface area contributed by atoms with E-state index in [1.165, 1.54) is 13.8 Å². The summed E-state index contributed by atoms with van der Waals surface area (Å²) in [6.45, 7) is 9.72. The van der Waals surface area contributed by atoms with Gasteiger partial charge in [0.1, 0.15) is 12.2 Å². The van der Waals surface area contributed by atoms with Crippen molar-refractivity contribution in [2.45, 2.75) is 103 Å². The molecule has 0 aromatic rings. The van der Waals surface area contributed by atoms with Crippen LogP contribution in [-0.2, 0) is 33.3 Å². The highest BCUT2D eigenvalue weighted by Gasteiger charge is 2.86. The number of rotatable bonds is 2. The molecule has 2 heterocycles. The molecular weight excluding hydrogens is 432 g/mol. The fourth-order valence-corrected chi connectivity index (χ4v) is 6.62. The zero-order valence-corrected chi connectivity index (χ0v) is 20.0. The maximum absolute atomic E-state index is 12.7. The molecule has 1 spiro atoms. The van der Waals surface area contributed by atoms with Crippen LogP contribution >= 0.6 is 0 Å². The van der Waals surface area contributed by atoms with E-state index in [2.05, 4.69) is 0 Å². The molecule has 0 aromatic carbocycles. The van der Waals surface area contributed by atoms with Crippen LogP contribution in [0.4, 0.5) is 0 Å². The number of allylic oxidation sites excluding steroid dienone is 1. The molecule has 0 aromatic heterocycles. The molecule has 9 nitrogen and oxygen atoms in total. The molecule has 2 N–H and O–H groups in total. The van der Waals surface area contributed by atoms with Crippen LogP contribution in [-0.4, -0.2) is 69.8 Å².